The van der Waals surface area contributed by atoms with Gasteiger partial charge in [-0.3, -0.25) is 4.79 Å². The van der Waals surface area contributed by atoms with Crippen molar-refractivity contribution < 1.29 is 4.79 Å². The van der Waals surface area contributed by atoms with Crippen LogP contribution in [0.3, 0.4) is 0 Å². The highest BCUT2D eigenvalue weighted by Crippen LogP contribution is 2.14. The van der Waals surface area contributed by atoms with E-state index in [1.165, 1.54) is 11.3 Å². The van der Waals surface area contributed by atoms with Crippen molar-refractivity contribution in [3.05, 3.63) is 39.4 Å². The maximum Gasteiger partial charge on any atom is 0.251 e. The second-order valence-electron chi connectivity index (χ2n) is 3.70. The Bertz CT molecular complexity index is 559. The molecule has 0 aromatic carbocycles. The summed E-state index contributed by atoms with van der Waals surface area (Å²) in [5.41, 5.74) is 0.479. The Balaban J connectivity index is 2.05. The first-order valence-electron chi connectivity index (χ1n) is 5.77. The minimum absolute atomic E-state index is 0.196. The molecule has 7 heteroatoms. The third kappa shape index (κ3) is 3.90. The summed E-state index contributed by atoms with van der Waals surface area (Å²) in [5, 5.41) is 8.84. The van der Waals surface area contributed by atoms with E-state index in [0.29, 0.717) is 24.5 Å². The zero-order valence-corrected chi connectivity index (χ0v) is 11.9. The van der Waals surface area contributed by atoms with Crippen LogP contribution in [0.5, 0.6) is 0 Å². The fourth-order valence-corrected chi connectivity index (χ4v) is 2.26. The van der Waals surface area contributed by atoms with Gasteiger partial charge in [-0.05, 0) is 19.1 Å². The van der Waals surface area contributed by atoms with Gasteiger partial charge in [-0.1, -0.05) is 11.6 Å². The van der Waals surface area contributed by atoms with Crippen LogP contribution in [0.15, 0.2) is 23.7 Å². The Morgan fingerprint density at radius 2 is 2.32 bits per heavy atom. The molecule has 2 aromatic rings. The molecule has 2 heterocycles. The predicted octanol–water partition coefficient (Wildman–Crippen LogP) is 2.55. The minimum Gasteiger partial charge on any atom is -0.370 e. The quantitative estimate of drug-likeness (QED) is 0.832. The molecular formula is C12H13ClN4OS. The molecule has 0 bridgehead atoms. The van der Waals surface area contributed by atoms with Crippen LogP contribution in [0.1, 0.15) is 22.3 Å². The largest absolute Gasteiger partial charge is 0.370 e. The summed E-state index contributed by atoms with van der Waals surface area (Å²) in [7, 11) is 0. The number of nitrogens with one attached hydrogen (secondary N) is 2. The number of carbonyl (C=O) groups excluding carboxylic acids is 1. The first-order valence-corrected chi connectivity index (χ1v) is 7.03. The molecule has 0 spiro atoms. The van der Waals surface area contributed by atoms with Gasteiger partial charge in [0.15, 0.2) is 0 Å². The molecule has 5 nitrogen and oxygen atoms in total. The van der Waals surface area contributed by atoms with Crippen molar-refractivity contribution in [2.24, 2.45) is 0 Å². The van der Waals surface area contributed by atoms with Gasteiger partial charge >= 0.3 is 0 Å². The van der Waals surface area contributed by atoms with Crippen molar-refractivity contribution in [3.63, 3.8) is 0 Å². The number of hydrogen-bond acceptors (Lipinski definition) is 5. The van der Waals surface area contributed by atoms with Crippen LogP contribution in [0.2, 0.25) is 5.15 Å². The van der Waals surface area contributed by atoms with Crippen molar-refractivity contribution in [3.8, 4) is 0 Å². The Morgan fingerprint density at radius 3 is 3.00 bits per heavy atom. The van der Waals surface area contributed by atoms with Crippen LogP contribution in [0.25, 0.3) is 0 Å². The van der Waals surface area contributed by atoms with Gasteiger partial charge in [0.2, 0.25) is 0 Å². The summed E-state index contributed by atoms with van der Waals surface area (Å²) in [5.74, 6) is 0.396. The fourth-order valence-electron chi connectivity index (χ4n) is 1.50. The van der Waals surface area contributed by atoms with E-state index in [0.717, 1.165) is 5.01 Å². The summed E-state index contributed by atoms with van der Waals surface area (Å²) >= 11 is 7.39. The molecule has 0 saturated heterocycles. The van der Waals surface area contributed by atoms with Gasteiger partial charge in [0, 0.05) is 23.7 Å². The lowest BCUT2D eigenvalue weighted by Crippen LogP contribution is -2.23. The third-order valence-corrected chi connectivity index (χ3v) is 3.27. The number of amides is 1. The standard InChI is InChI=1S/C12H13ClN4OS/c1-2-14-10-6-8(5-9(13)17-10)12(18)16-7-11-15-3-4-19-11/h3-6H,2,7H2,1H3,(H,14,17)(H,16,18). The Hall–Kier alpha value is -1.66. The molecule has 0 aliphatic carbocycles. The summed E-state index contributed by atoms with van der Waals surface area (Å²) in [6.07, 6.45) is 1.71. The molecule has 100 valence electrons. The maximum atomic E-state index is 12.0. The fraction of sp³-hybridized carbons (Fsp3) is 0.250. The average Bonchev–Trinajstić information content (AvgIpc) is 2.88. The Labute approximate surface area is 120 Å². The van der Waals surface area contributed by atoms with Crippen molar-refractivity contribution >= 4 is 34.7 Å². The molecule has 19 heavy (non-hydrogen) atoms. The monoisotopic (exact) mass is 296 g/mol. The van der Waals surface area contributed by atoms with Crippen molar-refractivity contribution in [1.29, 1.82) is 0 Å². The summed E-state index contributed by atoms with van der Waals surface area (Å²) in [6.45, 7) is 3.07. The zero-order valence-electron chi connectivity index (χ0n) is 10.3. The topological polar surface area (TPSA) is 66.9 Å². The molecule has 0 aliphatic heterocycles. The zero-order chi connectivity index (χ0) is 13.7. The molecule has 2 rings (SSSR count). The van der Waals surface area contributed by atoms with Gasteiger partial charge in [0.1, 0.15) is 16.0 Å². The number of hydrogen-bond donors (Lipinski definition) is 2. The summed E-state index contributed by atoms with van der Waals surface area (Å²) < 4.78 is 0. The average molecular weight is 297 g/mol. The highest BCUT2D eigenvalue weighted by molar-refractivity contribution is 7.09. The van der Waals surface area contributed by atoms with E-state index in [-0.39, 0.29) is 11.1 Å². The highest BCUT2D eigenvalue weighted by atomic mass is 35.5. The van der Waals surface area contributed by atoms with Crippen molar-refractivity contribution in [2.75, 3.05) is 11.9 Å². The van der Waals surface area contributed by atoms with Crippen molar-refractivity contribution in [1.82, 2.24) is 15.3 Å². The van der Waals surface area contributed by atoms with E-state index in [4.69, 9.17) is 11.6 Å². The lowest BCUT2D eigenvalue weighted by atomic mass is 10.2. The third-order valence-electron chi connectivity index (χ3n) is 2.30. The van der Waals surface area contributed by atoms with E-state index in [1.54, 1.807) is 18.3 Å². The Kier molecular flexibility index (Phi) is 4.70. The van der Waals surface area contributed by atoms with Crippen LogP contribution in [0, 0.1) is 0 Å². The number of carbonyl (C=O) groups is 1. The van der Waals surface area contributed by atoms with Crippen molar-refractivity contribution in [2.45, 2.75) is 13.5 Å². The minimum atomic E-state index is -0.196. The lowest BCUT2D eigenvalue weighted by molar-refractivity contribution is 0.0951. The molecule has 0 radical (unpaired) electrons. The van der Waals surface area contributed by atoms with E-state index in [2.05, 4.69) is 20.6 Å². The number of rotatable bonds is 5. The van der Waals surface area contributed by atoms with E-state index in [1.807, 2.05) is 12.3 Å². The van der Waals surface area contributed by atoms with E-state index in [9.17, 15) is 4.79 Å². The molecule has 0 unspecified atom stereocenters. The molecule has 2 N–H and O–H groups in total. The summed E-state index contributed by atoms with van der Waals surface area (Å²) in [4.78, 5) is 20.2. The maximum absolute atomic E-state index is 12.0. The molecule has 1 amide bonds. The molecule has 0 fully saturated rings. The second kappa shape index (κ2) is 6.49. The van der Waals surface area contributed by atoms with Crippen LogP contribution in [-0.4, -0.2) is 22.4 Å². The van der Waals surface area contributed by atoms with E-state index < -0.39 is 0 Å². The normalized spacial score (nSPS) is 10.2. The number of thiazole rings is 1. The van der Waals surface area contributed by atoms with E-state index >= 15 is 0 Å². The van der Waals surface area contributed by atoms with Gasteiger partial charge < -0.3 is 10.6 Å². The smallest absolute Gasteiger partial charge is 0.251 e. The second-order valence-corrected chi connectivity index (χ2v) is 5.07. The van der Waals surface area contributed by atoms with Crippen LogP contribution in [-0.2, 0) is 6.54 Å². The Morgan fingerprint density at radius 1 is 1.47 bits per heavy atom. The van der Waals surface area contributed by atoms with Gasteiger partial charge in [-0.25, -0.2) is 9.97 Å². The number of pyridine rings is 1. The van der Waals surface area contributed by atoms with Crippen LogP contribution < -0.4 is 10.6 Å². The SMILES string of the molecule is CCNc1cc(C(=O)NCc2nccs2)cc(Cl)n1. The van der Waals surface area contributed by atoms with Gasteiger partial charge in [-0.15, -0.1) is 11.3 Å². The molecule has 0 saturated carbocycles. The number of nitrogens with zero attached hydrogens (tertiary/aromatic N) is 2. The summed E-state index contributed by atoms with van der Waals surface area (Å²) in [6, 6.07) is 3.21. The molecule has 0 atom stereocenters. The molecule has 0 aliphatic rings. The number of anilines is 1. The lowest BCUT2D eigenvalue weighted by Gasteiger charge is -2.07. The predicted molar refractivity (Wildman–Crippen MR) is 76.7 cm³/mol. The van der Waals surface area contributed by atoms with Crippen LogP contribution in [0.4, 0.5) is 5.82 Å². The first-order chi connectivity index (χ1) is 9.19. The molecule has 2 aromatic heterocycles. The number of aromatic nitrogens is 2. The van der Waals surface area contributed by atoms with Gasteiger partial charge in [-0.2, -0.15) is 0 Å². The highest BCUT2D eigenvalue weighted by Gasteiger charge is 2.09. The first kappa shape index (κ1) is 13.8. The van der Waals surface area contributed by atoms with Crippen LogP contribution >= 0.6 is 22.9 Å². The molecular weight excluding hydrogens is 284 g/mol. The number of halogens is 1. The van der Waals surface area contributed by atoms with Gasteiger partial charge in [0.25, 0.3) is 5.91 Å². The van der Waals surface area contributed by atoms with Gasteiger partial charge in [0.05, 0.1) is 6.54 Å².